The fourth-order valence-electron chi connectivity index (χ4n) is 2.41. The molecule has 4 aromatic rings. The van der Waals surface area contributed by atoms with Gasteiger partial charge < -0.3 is 4.98 Å². The molecule has 3 aromatic heterocycles. The largest absolute Gasteiger partial charge is 0.322 e. The highest BCUT2D eigenvalue weighted by molar-refractivity contribution is 7.98. The Hall–Kier alpha value is -2.80. The fraction of sp³-hybridized carbons (Fsp3) is 0.118. The van der Waals surface area contributed by atoms with E-state index >= 15 is 0 Å². The zero-order chi connectivity index (χ0) is 16.5. The zero-order valence-electron chi connectivity index (χ0n) is 13.0. The van der Waals surface area contributed by atoms with E-state index in [-0.39, 0.29) is 5.56 Å². The zero-order valence-corrected chi connectivity index (χ0v) is 13.8. The number of aromatic nitrogens is 5. The summed E-state index contributed by atoms with van der Waals surface area (Å²) in [5.74, 6) is 1.13. The van der Waals surface area contributed by atoms with Gasteiger partial charge in [0.2, 0.25) is 5.95 Å². The van der Waals surface area contributed by atoms with Gasteiger partial charge in [-0.15, -0.1) is 11.8 Å². The van der Waals surface area contributed by atoms with Crippen LogP contribution in [-0.4, -0.2) is 24.7 Å². The summed E-state index contributed by atoms with van der Waals surface area (Å²) in [6.07, 6.45) is 1.84. The number of imidazole rings is 1. The van der Waals surface area contributed by atoms with E-state index in [4.69, 9.17) is 0 Å². The van der Waals surface area contributed by atoms with Gasteiger partial charge in [-0.1, -0.05) is 18.2 Å². The van der Waals surface area contributed by atoms with Gasteiger partial charge in [0.1, 0.15) is 0 Å². The molecule has 6 nitrogen and oxygen atoms in total. The Morgan fingerprint density at radius 1 is 1.21 bits per heavy atom. The van der Waals surface area contributed by atoms with Crippen molar-refractivity contribution in [2.45, 2.75) is 17.7 Å². The van der Waals surface area contributed by atoms with Crippen LogP contribution in [0.2, 0.25) is 0 Å². The molecule has 0 radical (unpaired) electrons. The highest BCUT2D eigenvalue weighted by atomic mass is 32.2. The summed E-state index contributed by atoms with van der Waals surface area (Å²) in [7, 11) is 0. The van der Waals surface area contributed by atoms with E-state index in [0.717, 1.165) is 27.3 Å². The third kappa shape index (κ3) is 2.85. The summed E-state index contributed by atoms with van der Waals surface area (Å²) in [6.45, 7) is 2.01. The van der Waals surface area contributed by atoms with Crippen molar-refractivity contribution in [2.75, 3.05) is 0 Å². The second-order valence-electron chi connectivity index (χ2n) is 5.50. The number of nitrogens with one attached hydrogen (secondary N) is 2. The molecule has 0 aliphatic carbocycles. The van der Waals surface area contributed by atoms with Crippen LogP contribution >= 0.6 is 11.8 Å². The Morgan fingerprint density at radius 2 is 2.08 bits per heavy atom. The molecule has 0 fully saturated rings. The molecule has 0 atom stereocenters. The maximum Gasteiger partial charge on any atom is 0.274 e. The number of aromatic amines is 2. The molecular formula is C17H15N5OS. The van der Waals surface area contributed by atoms with E-state index in [1.807, 2.05) is 49.5 Å². The maximum absolute atomic E-state index is 12.2. The molecule has 0 spiro atoms. The Balaban J connectivity index is 1.57. The Bertz CT molecular complexity index is 1010. The number of pyridine rings is 1. The highest BCUT2D eigenvalue weighted by Crippen LogP contribution is 2.19. The van der Waals surface area contributed by atoms with Gasteiger partial charge in [0.25, 0.3) is 5.56 Å². The minimum atomic E-state index is -0.137. The van der Waals surface area contributed by atoms with Gasteiger partial charge in [-0.25, -0.2) is 9.97 Å². The van der Waals surface area contributed by atoms with Crippen molar-refractivity contribution in [1.29, 1.82) is 0 Å². The van der Waals surface area contributed by atoms with Gasteiger partial charge >= 0.3 is 0 Å². The van der Waals surface area contributed by atoms with E-state index in [1.165, 1.54) is 4.68 Å². The Morgan fingerprint density at radius 3 is 2.88 bits per heavy atom. The predicted molar refractivity (Wildman–Crippen MR) is 94.6 cm³/mol. The lowest BCUT2D eigenvalue weighted by Crippen LogP contribution is -2.14. The molecule has 0 bridgehead atoms. The van der Waals surface area contributed by atoms with E-state index in [9.17, 15) is 4.79 Å². The number of rotatable bonds is 4. The van der Waals surface area contributed by atoms with Crippen LogP contribution in [0.4, 0.5) is 0 Å². The number of hydrogen-bond donors (Lipinski definition) is 2. The predicted octanol–water partition coefficient (Wildman–Crippen LogP) is 3.04. The summed E-state index contributed by atoms with van der Waals surface area (Å²) in [5, 5.41) is 4.03. The number of thioether (sulfide) groups is 1. The van der Waals surface area contributed by atoms with Gasteiger partial charge in [-0.3, -0.25) is 9.89 Å². The number of para-hydroxylation sites is 2. The summed E-state index contributed by atoms with van der Waals surface area (Å²) in [5.41, 5.74) is 3.54. The molecule has 0 aliphatic rings. The monoisotopic (exact) mass is 337 g/mol. The quantitative estimate of drug-likeness (QED) is 0.561. The van der Waals surface area contributed by atoms with E-state index in [0.29, 0.717) is 11.7 Å². The fourth-order valence-corrected chi connectivity index (χ4v) is 3.16. The third-order valence-electron chi connectivity index (χ3n) is 3.62. The number of H-pyrrole nitrogens is 2. The van der Waals surface area contributed by atoms with Crippen molar-refractivity contribution in [3.63, 3.8) is 0 Å². The van der Waals surface area contributed by atoms with Crippen LogP contribution in [-0.2, 0) is 5.75 Å². The molecular weight excluding hydrogens is 322 g/mol. The van der Waals surface area contributed by atoms with Crippen LogP contribution in [0, 0.1) is 6.92 Å². The second kappa shape index (κ2) is 6.01. The number of aryl methyl sites for hydroxylation is 1. The first-order chi connectivity index (χ1) is 11.7. The average molecular weight is 337 g/mol. The number of hydrogen-bond acceptors (Lipinski definition) is 4. The van der Waals surface area contributed by atoms with Gasteiger partial charge in [-0.2, -0.15) is 4.68 Å². The van der Waals surface area contributed by atoms with Crippen molar-refractivity contribution in [3.05, 3.63) is 70.3 Å². The molecule has 0 saturated carbocycles. The standard InChI is InChI=1S/C17H15N5OS/c1-11-6-7-15(18-9-11)24-10-12-8-16(23)22(21-12)17-19-13-4-2-3-5-14(13)20-17/h2-9,21H,10H2,1H3,(H,19,20). The molecule has 0 unspecified atom stereocenters. The molecule has 24 heavy (non-hydrogen) atoms. The van der Waals surface area contributed by atoms with Crippen molar-refractivity contribution in [2.24, 2.45) is 0 Å². The van der Waals surface area contributed by atoms with Gasteiger partial charge in [-0.05, 0) is 30.7 Å². The van der Waals surface area contributed by atoms with Crippen LogP contribution in [0.5, 0.6) is 0 Å². The molecule has 4 rings (SSSR count). The van der Waals surface area contributed by atoms with Crippen LogP contribution in [0.25, 0.3) is 17.0 Å². The lowest BCUT2D eigenvalue weighted by molar-refractivity contribution is 0.789. The number of benzene rings is 1. The van der Waals surface area contributed by atoms with Gasteiger partial charge in [0, 0.05) is 23.7 Å². The number of nitrogens with zero attached hydrogens (tertiary/aromatic N) is 3. The van der Waals surface area contributed by atoms with Crippen molar-refractivity contribution >= 4 is 22.8 Å². The summed E-state index contributed by atoms with van der Waals surface area (Å²) in [4.78, 5) is 24.2. The van der Waals surface area contributed by atoms with Crippen LogP contribution in [0.15, 0.2) is 58.5 Å². The Labute approximate surface area is 141 Å². The van der Waals surface area contributed by atoms with Crippen molar-refractivity contribution < 1.29 is 0 Å². The molecule has 3 heterocycles. The van der Waals surface area contributed by atoms with Gasteiger partial charge in [0.05, 0.1) is 16.1 Å². The smallest absolute Gasteiger partial charge is 0.274 e. The highest BCUT2D eigenvalue weighted by Gasteiger charge is 2.10. The molecule has 0 aliphatic heterocycles. The Kier molecular flexibility index (Phi) is 3.70. The van der Waals surface area contributed by atoms with Gasteiger partial charge in [0.15, 0.2) is 0 Å². The molecule has 1 aromatic carbocycles. The van der Waals surface area contributed by atoms with Crippen molar-refractivity contribution in [1.82, 2.24) is 24.7 Å². The SMILES string of the molecule is Cc1ccc(SCc2cc(=O)n(-c3nc4ccccc4[nH]3)[nH]2)nc1. The third-order valence-corrected chi connectivity index (χ3v) is 4.61. The minimum absolute atomic E-state index is 0.137. The average Bonchev–Trinajstić information content (AvgIpc) is 3.17. The molecule has 7 heteroatoms. The molecule has 0 amide bonds. The summed E-state index contributed by atoms with van der Waals surface area (Å²) >= 11 is 1.58. The maximum atomic E-state index is 12.2. The van der Waals surface area contributed by atoms with Crippen LogP contribution in [0.3, 0.4) is 0 Å². The molecule has 2 N–H and O–H groups in total. The summed E-state index contributed by atoms with van der Waals surface area (Å²) in [6, 6.07) is 13.3. The van der Waals surface area contributed by atoms with E-state index in [1.54, 1.807) is 17.8 Å². The number of fused-ring (bicyclic) bond motifs is 1. The molecule has 0 saturated heterocycles. The van der Waals surface area contributed by atoms with Crippen LogP contribution in [0.1, 0.15) is 11.3 Å². The van der Waals surface area contributed by atoms with Crippen LogP contribution < -0.4 is 5.56 Å². The first kappa shape index (κ1) is 14.8. The second-order valence-corrected chi connectivity index (χ2v) is 6.49. The normalized spacial score (nSPS) is 11.2. The topological polar surface area (TPSA) is 79.4 Å². The van der Waals surface area contributed by atoms with E-state index < -0.39 is 0 Å². The van der Waals surface area contributed by atoms with E-state index in [2.05, 4.69) is 20.1 Å². The lowest BCUT2D eigenvalue weighted by atomic mass is 10.3. The first-order valence-corrected chi connectivity index (χ1v) is 8.49. The van der Waals surface area contributed by atoms with Crippen molar-refractivity contribution in [3.8, 4) is 5.95 Å². The lowest BCUT2D eigenvalue weighted by Gasteiger charge is -2.00. The minimum Gasteiger partial charge on any atom is -0.322 e. The molecule has 120 valence electrons. The first-order valence-electron chi connectivity index (χ1n) is 7.50. The summed E-state index contributed by atoms with van der Waals surface area (Å²) < 4.78 is 1.43.